The van der Waals surface area contributed by atoms with Crippen molar-refractivity contribution in [2.75, 3.05) is 39.8 Å². The number of hydrogen-bond donors (Lipinski definition) is 1. The van der Waals surface area contributed by atoms with Gasteiger partial charge in [0.25, 0.3) is 5.91 Å². The van der Waals surface area contributed by atoms with Gasteiger partial charge in [-0.15, -0.1) is 0 Å². The third-order valence-electron chi connectivity index (χ3n) is 4.80. The summed E-state index contributed by atoms with van der Waals surface area (Å²) in [7, 11) is 2.04. The van der Waals surface area contributed by atoms with Crippen molar-refractivity contribution < 1.29 is 9.59 Å². The third-order valence-corrected chi connectivity index (χ3v) is 4.80. The van der Waals surface area contributed by atoms with E-state index in [4.69, 9.17) is 0 Å². The number of amides is 2. The molecule has 8 heteroatoms. The van der Waals surface area contributed by atoms with Gasteiger partial charge in [0.1, 0.15) is 6.33 Å². The highest BCUT2D eigenvalue weighted by Crippen LogP contribution is 2.18. The van der Waals surface area contributed by atoms with Crippen molar-refractivity contribution in [2.24, 2.45) is 0 Å². The Morgan fingerprint density at radius 3 is 2.52 bits per heavy atom. The molecule has 8 nitrogen and oxygen atoms in total. The Bertz CT molecular complexity index is 538. The SMILES string of the molecule is CN1CCCCC[C@@H]1C(=O)N1CCN(C(=O)c2ncn[nH]2)CC1. The van der Waals surface area contributed by atoms with Crippen LogP contribution in [0.1, 0.15) is 36.3 Å². The van der Waals surface area contributed by atoms with Gasteiger partial charge in [-0.25, -0.2) is 4.98 Å². The van der Waals surface area contributed by atoms with Gasteiger partial charge in [0.05, 0.1) is 6.04 Å². The van der Waals surface area contributed by atoms with Gasteiger partial charge in [0, 0.05) is 26.2 Å². The number of carbonyl (C=O) groups excluding carboxylic acids is 2. The Kier molecular flexibility index (Phi) is 4.90. The van der Waals surface area contributed by atoms with E-state index in [1.807, 2.05) is 11.9 Å². The summed E-state index contributed by atoms with van der Waals surface area (Å²) in [4.78, 5) is 34.7. The minimum absolute atomic E-state index is 0.00553. The van der Waals surface area contributed by atoms with E-state index in [2.05, 4.69) is 20.1 Å². The Morgan fingerprint density at radius 1 is 1.09 bits per heavy atom. The highest BCUT2D eigenvalue weighted by Gasteiger charge is 2.32. The molecule has 126 valence electrons. The summed E-state index contributed by atoms with van der Waals surface area (Å²) in [5.74, 6) is 0.315. The zero-order valence-corrected chi connectivity index (χ0v) is 13.6. The molecule has 0 radical (unpaired) electrons. The van der Waals surface area contributed by atoms with Crippen molar-refractivity contribution in [1.29, 1.82) is 0 Å². The molecule has 0 saturated carbocycles. The van der Waals surface area contributed by atoms with Crippen LogP contribution in [0, 0.1) is 0 Å². The first-order valence-electron chi connectivity index (χ1n) is 8.30. The van der Waals surface area contributed by atoms with E-state index >= 15 is 0 Å². The van der Waals surface area contributed by atoms with Gasteiger partial charge in [-0.2, -0.15) is 5.10 Å². The monoisotopic (exact) mass is 320 g/mol. The van der Waals surface area contributed by atoms with E-state index in [1.165, 1.54) is 19.2 Å². The second-order valence-corrected chi connectivity index (χ2v) is 6.30. The largest absolute Gasteiger partial charge is 0.338 e. The predicted molar refractivity (Wildman–Crippen MR) is 83.8 cm³/mol. The summed E-state index contributed by atoms with van der Waals surface area (Å²) in [5, 5.41) is 6.30. The molecule has 1 aromatic heterocycles. The topological polar surface area (TPSA) is 85.4 Å². The van der Waals surface area contributed by atoms with Crippen LogP contribution in [-0.4, -0.2) is 87.5 Å². The third kappa shape index (κ3) is 3.52. The average molecular weight is 320 g/mol. The van der Waals surface area contributed by atoms with Gasteiger partial charge in [-0.05, 0) is 26.4 Å². The van der Waals surface area contributed by atoms with Gasteiger partial charge in [-0.1, -0.05) is 12.8 Å². The van der Waals surface area contributed by atoms with Crippen LogP contribution in [0.2, 0.25) is 0 Å². The van der Waals surface area contributed by atoms with Gasteiger partial charge in [0.2, 0.25) is 11.7 Å². The number of H-pyrrole nitrogens is 1. The van der Waals surface area contributed by atoms with Crippen molar-refractivity contribution in [2.45, 2.75) is 31.7 Å². The molecule has 1 aromatic rings. The number of carbonyl (C=O) groups is 2. The summed E-state index contributed by atoms with van der Waals surface area (Å²) in [6, 6.07) is -0.00553. The first kappa shape index (κ1) is 15.9. The average Bonchev–Trinajstić information content (AvgIpc) is 3.03. The van der Waals surface area contributed by atoms with E-state index in [0.29, 0.717) is 26.2 Å². The Labute approximate surface area is 135 Å². The van der Waals surface area contributed by atoms with Crippen LogP contribution in [0.15, 0.2) is 6.33 Å². The summed E-state index contributed by atoms with van der Waals surface area (Å²) in [6.45, 7) is 3.25. The molecule has 0 unspecified atom stereocenters. The Hall–Kier alpha value is -1.96. The number of hydrogen-bond acceptors (Lipinski definition) is 5. The molecule has 1 N–H and O–H groups in total. The molecule has 0 aliphatic carbocycles. The highest BCUT2D eigenvalue weighted by atomic mass is 16.2. The number of aromatic amines is 1. The Balaban J connectivity index is 1.56. The molecule has 2 aliphatic rings. The molecule has 2 amide bonds. The van der Waals surface area contributed by atoms with Crippen LogP contribution in [-0.2, 0) is 4.79 Å². The van der Waals surface area contributed by atoms with Crippen LogP contribution in [0.4, 0.5) is 0 Å². The second kappa shape index (κ2) is 7.08. The van der Waals surface area contributed by atoms with Crippen LogP contribution < -0.4 is 0 Å². The number of likely N-dealkylation sites (tertiary alicyclic amines) is 1. The van der Waals surface area contributed by atoms with Gasteiger partial charge >= 0.3 is 0 Å². The number of nitrogens with one attached hydrogen (secondary N) is 1. The van der Waals surface area contributed by atoms with Crippen LogP contribution in [0.3, 0.4) is 0 Å². The molecule has 0 spiro atoms. The quantitative estimate of drug-likeness (QED) is 0.827. The Morgan fingerprint density at radius 2 is 1.83 bits per heavy atom. The lowest BCUT2D eigenvalue weighted by atomic mass is 10.1. The molecule has 0 bridgehead atoms. The van der Waals surface area contributed by atoms with Crippen molar-refractivity contribution in [3.8, 4) is 0 Å². The maximum atomic E-state index is 12.8. The van der Waals surface area contributed by atoms with E-state index in [1.54, 1.807) is 4.90 Å². The summed E-state index contributed by atoms with van der Waals surface area (Å²) >= 11 is 0. The van der Waals surface area contributed by atoms with E-state index < -0.39 is 0 Å². The van der Waals surface area contributed by atoms with Gasteiger partial charge < -0.3 is 9.80 Å². The summed E-state index contributed by atoms with van der Waals surface area (Å²) < 4.78 is 0. The molecule has 23 heavy (non-hydrogen) atoms. The summed E-state index contributed by atoms with van der Waals surface area (Å²) in [5.41, 5.74) is 0. The molecule has 1 atom stereocenters. The number of likely N-dealkylation sites (N-methyl/N-ethyl adjacent to an activating group) is 1. The smallest absolute Gasteiger partial charge is 0.291 e. The molecule has 2 saturated heterocycles. The molecule has 3 rings (SSSR count). The lowest BCUT2D eigenvalue weighted by Crippen LogP contribution is -2.55. The normalized spacial score (nSPS) is 23.6. The molecule has 0 aromatic carbocycles. The molecule has 2 fully saturated rings. The molecule has 2 aliphatic heterocycles. The van der Waals surface area contributed by atoms with Gasteiger partial charge in [-0.3, -0.25) is 19.6 Å². The summed E-state index contributed by atoms with van der Waals surface area (Å²) in [6.07, 6.45) is 5.75. The fourth-order valence-electron chi connectivity index (χ4n) is 3.36. The maximum absolute atomic E-state index is 12.8. The lowest BCUT2D eigenvalue weighted by molar-refractivity contribution is -0.138. The molecular formula is C15H24N6O2. The number of rotatable bonds is 2. The fraction of sp³-hybridized carbons (Fsp3) is 0.733. The molecular weight excluding hydrogens is 296 g/mol. The minimum atomic E-state index is -0.152. The number of nitrogens with zero attached hydrogens (tertiary/aromatic N) is 5. The predicted octanol–water partition coefficient (Wildman–Crippen LogP) is -0.0365. The van der Waals surface area contributed by atoms with E-state index in [-0.39, 0.29) is 23.7 Å². The lowest BCUT2D eigenvalue weighted by Gasteiger charge is -2.37. The second-order valence-electron chi connectivity index (χ2n) is 6.30. The zero-order valence-electron chi connectivity index (χ0n) is 13.6. The molecule has 3 heterocycles. The fourth-order valence-corrected chi connectivity index (χ4v) is 3.36. The standard InChI is InChI=1S/C15H24N6O2/c1-19-6-4-2-3-5-12(19)14(22)20-7-9-21(10-8-20)15(23)13-16-11-17-18-13/h11-12H,2-10H2,1H3,(H,16,17,18)/t12-/m1/s1. The number of piperazine rings is 1. The van der Waals surface area contributed by atoms with E-state index in [0.717, 1.165) is 19.4 Å². The van der Waals surface area contributed by atoms with Crippen molar-refractivity contribution >= 4 is 11.8 Å². The first-order chi connectivity index (χ1) is 11.2. The minimum Gasteiger partial charge on any atom is -0.338 e. The van der Waals surface area contributed by atoms with Crippen molar-refractivity contribution in [3.63, 3.8) is 0 Å². The first-order valence-corrected chi connectivity index (χ1v) is 8.30. The van der Waals surface area contributed by atoms with Crippen molar-refractivity contribution in [1.82, 2.24) is 29.9 Å². The van der Waals surface area contributed by atoms with Crippen LogP contribution in [0.25, 0.3) is 0 Å². The van der Waals surface area contributed by atoms with Crippen LogP contribution in [0.5, 0.6) is 0 Å². The van der Waals surface area contributed by atoms with Gasteiger partial charge in [0.15, 0.2) is 0 Å². The number of aromatic nitrogens is 3. The highest BCUT2D eigenvalue weighted by molar-refractivity contribution is 5.90. The zero-order chi connectivity index (χ0) is 16.2. The maximum Gasteiger partial charge on any atom is 0.291 e. The van der Waals surface area contributed by atoms with Crippen molar-refractivity contribution in [3.05, 3.63) is 12.2 Å². The van der Waals surface area contributed by atoms with E-state index in [9.17, 15) is 9.59 Å². The van der Waals surface area contributed by atoms with Crippen LogP contribution >= 0.6 is 0 Å².